The molecule has 35 heavy (non-hydrogen) atoms. The Kier molecular flexibility index (Phi) is 6.04. The molecule has 10 heteroatoms. The second kappa shape index (κ2) is 9.30. The maximum absolute atomic E-state index is 13.1. The third-order valence-electron chi connectivity index (χ3n) is 6.55. The van der Waals surface area contributed by atoms with Crippen molar-refractivity contribution in [3.05, 3.63) is 64.2 Å². The van der Waals surface area contributed by atoms with Gasteiger partial charge in [0.2, 0.25) is 17.7 Å². The predicted molar refractivity (Wildman–Crippen MR) is 125 cm³/mol. The van der Waals surface area contributed by atoms with Crippen LogP contribution in [0.4, 0.5) is 5.69 Å². The summed E-state index contributed by atoms with van der Waals surface area (Å²) in [4.78, 5) is 63.1. The summed E-state index contributed by atoms with van der Waals surface area (Å²) in [6.45, 7) is 2.09. The monoisotopic (exact) mass is 475 g/mol. The first-order valence-electron chi connectivity index (χ1n) is 11.6. The number of piperidine rings is 1. The number of hydrogen-bond acceptors (Lipinski definition) is 7. The molecule has 4 N–H and O–H groups in total. The maximum Gasteiger partial charge on any atom is 0.264 e. The zero-order chi connectivity index (χ0) is 24.5. The number of amides is 5. The minimum Gasteiger partial charge on any atom is -0.375 e. The number of rotatable bonds is 6. The number of fused-ring (bicyclic) bond motifs is 2. The van der Waals surface area contributed by atoms with Crippen LogP contribution in [0.2, 0.25) is 0 Å². The van der Waals surface area contributed by atoms with Gasteiger partial charge in [-0.05, 0) is 48.2 Å². The maximum atomic E-state index is 13.1. The van der Waals surface area contributed by atoms with Crippen LogP contribution in [-0.2, 0) is 33.9 Å². The van der Waals surface area contributed by atoms with Gasteiger partial charge < -0.3 is 16.0 Å². The summed E-state index contributed by atoms with van der Waals surface area (Å²) in [5, 5.41) is 11.3. The van der Waals surface area contributed by atoms with Crippen molar-refractivity contribution >= 4 is 35.2 Å². The lowest BCUT2D eigenvalue weighted by atomic mass is 9.98. The third kappa shape index (κ3) is 4.40. The van der Waals surface area contributed by atoms with Gasteiger partial charge in [0.05, 0.1) is 17.7 Å². The Bertz CT molecular complexity index is 1260. The molecule has 5 amide bonds. The van der Waals surface area contributed by atoms with E-state index in [1.165, 1.54) is 17.2 Å². The highest BCUT2D eigenvalue weighted by Crippen LogP contribution is 2.32. The summed E-state index contributed by atoms with van der Waals surface area (Å²) < 4.78 is 0. The van der Waals surface area contributed by atoms with Crippen molar-refractivity contribution < 1.29 is 24.0 Å². The molecule has 0 aromatic heterocycles. The molecule has 0 spiro atoms. The molecule has 3 aliphatic rings. The zero-order valence-corrected chi connectivity index (χ0v) is 19.0. The number of anilines is 1. The Labute approximate surface area is 201 Å². The number of carbonyl (C=O) groups is 5. The van der Waals surface area contributed by atoms with E-state index in [4.69, 9.17) is 0 Å². The first kappa shape index (κ1) is 22.7. The van der Waals surface area contributed by atoms with E-state index in [9.17, 15) is 24.0 Å². The van der Waals surface area contributed by atoms with Crippen molar-refractivity contribution in [3.63, 3.8) is 0 Å². The average molecular weight is 476 g/mol. The van der Waals surface area contributed by atoms with Gasteiger partial charge in [0.25, 0.3) is 11.8 Å². The van der Waals surface area contributed by atoms with Crippen LogP contribution in [0.3, 0.4) is 0 Å². The van der Waals surface area contributed by atoms with Gasteiger partial charge in [-0.15, -0.1) is 0 Å². The van der Waals surface area contributed by atoms with Crippen molar-refractivity contribution in [2.75, 3.05) is 18.4 Å². The fourth-order valence-corrected chi connectivity index (χ4v) is 4.74. The van der Waals surface area contributed by atoms with Gasteiger partial charge in [0.15, 0.2) is 0 Å². The number of nitrogens with one attached hydrogen (secondary N) is 4. The molecule has 1 atom stereocenters. The molecule has 0 bridgehead atoms. The van der Waals surface area contributed by atoms with Gasteiger partial charge in [0, 0.05) is 25.2 Å². The van der Waals surface area contributed by atoms with E-state index in [0.717, 1.165) is 30.0 Å². The number of benzene rings is 2. The lowest BCUT2D eigenvalue weighted by Gasteiger charge is -2.27. The molecule has 3 aliphatic heterocycles. The minimum atomic E-state index is -1.04. The van der Waals surface area contributed by atoms with Gasteiger partial charge in [-0.3, -0.25) is 34.2 Å². The number of nitrogens with zero attached hydrogens (tertiary/aromatic N) is 1. The minimum absolute atomic E-state index is 0.0518. The SMILES string of the molecule is O=C(CNc1cccc2c1C(=O)N(C1CCC(=O)NC1=O)C2=O)NCc1ccc2c(c1)CCNC2. The quantitative estimate of drug-likeness (QED) is 0.446. The van der Waals surface area contributed by atoms with Gasteiger partial charge in [0.1, 0.15) is 6.04 Å². The Morgan fingerprint density at radius 2 is 1.89 bits per heavy atom. The fourth-order valence-electron chi connectivity index (χ4n) is 4.74. The molecule has 0 saturated carbocycles. The first-order chi connectivity index (χ1) is 16.9. The van der Waals surface area contributed by atoms with E-state index < -0.39 is 29.7 Å². The smallest absolute Gasteiger partial charge is 0.264 e. The topological polar surface area (TPSA) is 137 Å². The Morgan fingerprint density at radius 3 is 2.71 bits per heavy atom. The van der Waals surface area contributed by atoms with Crippen LogP contribution in [0.15, 0.2) is 36.4 Å². The summed E-state index contributed by atoms with van der Waals surface area (Å²) in [5.74, 6) is -2.56. The summed E-state index contributed by atoms with van der Waals surface area (Å²) in [6.07, 6.45) is 1.09. The molecule has 0 aliphatic carbocycles. The molecule has 0 radical (unpaired) electrons. The normalized spacial score (nSPS) is 19.2. The highest BCUT2D eigenvalue weighted by atomic mass is 16.2. The zero-order valence-electron chi connectivity index (χ0n) is 19.0. The van der Waals surface area contributed by atoms with Crippen LogP contribution in [0, 0.1) is 0 Å². The van der Waals surface area contributed by atoms with Crippen LogP contribution >= 0.6 is 0 Å². The van der Waals surface area contributed by atoms with Crippen molar-refractivity contribution in [2.45, 2.75) is 38.4 Å². The number of imide groups is 2. The standard InChI is InChI=1S/C25H25N5O5/c31-20-7-6-19(23(33)29-20)30-24(34)17-2-1-3-18(22(17)25(30)35)27-13-21(32)28-11-14-4-5-16-12-26-9-8-15(16)10-14/h1-5,10,19,26-27H,6-9,11-13H2,(H,28,32)(H,29,31,33). The van der Waals surface area contributed by atoms with Crippen molar-refractivity contribution in [1.82, 2.24) is 20.9 Å². The molecule has 2 aromatic rings. The molecule has 5 rings (SSSR count). The van der Waals surface area contributed by atoms with E-state index in [1.54, 1.807) is 12.1 Å². The molecular weight excluding hydrogens is 450 g/mol. The molecule has 180 valence electrons. The van der Waals surface area contributed by atoms with E-state index in [-0.39, 0.29) is 36.4 Å². The largest absolute Gasteiger partial charge is 0.375 e. The Hall–Kier alpha value is -4.05. The van der Waals surface area contributed by atoms with E-state index in [0.29, 0.717) is 12.2 Å². The van der Waals surface area contributed by atoms with Crippen LogP contribution in [0.5, 0.6) is 0 Å². The van der Waals surface area contributed by atoms with E-state index >= 15 is 0 Å². The average Bonchev–Trinajstić information content (AvgIpc) is 3.11. The third-order valence-corrected chi connectivity index (χ3v) is 6.55. The lowest BCUT2D eigenvalue weighted by Crippen LogP contribution is -2.54. The van der Waals surface area contributed by atoms with Crippen LogP contribution < -0.4 is 21.3 Å². The molecule has 1 saturated heterocycles. The van der Waals surface area contributed by atoms with Crippen molar-refractivity contribution in [1.29, 1.82) is 0 Å². The molecule has 3 heterocycles. The highest BCUT2D eigenvalue weighted by Gasteiger charge is 2.45. The summed E-state index contributed by atoms with van der Waals surface area (Å²) in [6, 6.07) is 9.88. The van der Waals surface area contributed by atoms with E-state index in [1.807, 2.05) is 6.07 Å². The Balaban J connectivity index is 1.23. The highest BCUT2D eigenvalue weighted by molar-refractivity contribution is 6.25. The van der Waals surface area contributed by atoms with Gasteiger partial charge >= 0.3 is 0 Å². The van der Waals surface area contributed by atoms with Crippen molar-refractivity contribution in [3.8, 4) is 0 Å². The lowest BCUT2D eigenvalue weighted by molar-refractivity contribution is -0.136. The van der Waals surface area contributed by atoms with E-state index in [2.05, 4.69) is 33.4 Å². The molecule has 1 fully saturated rings. The van der Waals surface area contributed by atoms with Gasteiger partial charge in [-0.2, -0.15) is 0 Å². The summed E-state index contributed by atoms with van der Waals surface area (Å²) in [7, 11) is 0. The van der Waals surface area contributed by atoms with Gasteiger partial charge in [-0.25, -0.2) is 0 Å². The number of hydrogen-bond donors (Lipinski definition) is 4. The summed E-state index contributed by atoms with van der Waals surface area (Å²) in [5.41, 5.74) is 4.20. The van der Waals surface area contributed by atoms with Gasteiger partial charge in [-0.1, -0.05) is 24.3 Å². The summed E-state index contributed by atoms with van der Waals surface area (Å²) >= 11 is 0. The second-order valence-electron chi connectivity index (χ2n) is 8.84. The van der Waals surface area contributed by atoms with Crippen LogP contribution in [-0.4, -0.2) is 53.6 Å². The first-order valence-corrected chi connectivity index (χ1v) is 11.6. The van der Waals surface area contributed by atoms with Crippen molar-refractivity contribution in [2.24, 2.45) is 0 Å². The Morgan fingerprint density at radius 1 is 1.03 bits per heavy atom. The van der Waals surface area contributed by atoms with Crippen LogP contribution in [0.1, 0.15) is 50.2 Å². The molecule has 10 nitrogen and oxygen atoms in total. The molecular formula is C25H25N5O5. The molecule has 2 aromatic carbocycles. The second-order valence-corrected chi connectivity index (χ2v) is 8.84. The fraction of sp³-hybridized carbons (Fsp3) is 0.320. The number of carbonyl (C=O) groups excluding carboxylic acids is 5. The predicted octanol–water partition coefficient (Wildman–Crippen LogP) is 0.462. The molecule has 1 unspecified atom stereocenters. The van der Waals surface area contributed by atoms with Crippen LogP contribution in [0.25, 0.3) is 0 Å².